The lowest BCUT2D eigenvalue weighted by molar-refractivity contribution is -0.144. The highest BCUT2D eigenvalue weighted by Gasteiger charge is 2.45. The van der Waals surface area contributed by atoms with Gasteiger partial charge >= 0.3 is 5.97 Å². The molecule has 7 nitrogen and oxygen atoms in total. The number of rotatable bonds is 4. The van der Waals surface area contributed by atoms with Crippen LogP contribution >= 0.6 is 0 Å². The van der Waals surface area contributed by atoms with Gasteiger partial charge in [0.1, 0.15) is 0 Å². The third-order valence-corrected chi connectivity index (χ3v) is 5.27. The van der Waals surface area contributed by atoms with Gasteiger partial charge in [-0.1, -0.05) is 18.2 Å². The van der Waals surface area contributed by atoms with Crippen molar-refractivity contribution in [1.29, 1.82) is 0 Å². The number of aliphatic carboxylic acids is 1. The predicted octanol–water partition coefficient (Wildman–Crippen LogP) is 1.64. The number of carbonyl (C=O) groups is 2. The highest BCUT2D eigenvalue weighted by atomic mass is 16.5. The zero-order chi connectivity index (χ0) is 18.3. The highest BCUT2D eigenvalue weighted by molar-refractivity contribution is 5.98. The van der Waals surface area contributed by atoms with Gasteiger partial charge in [-0.25, -0.2) is 9.48 Å². The number of ether oxygens (including phenoxy) is 1. The molecule has 1 atom stereocenters. The Morgan fingerprint density at radius 2 is 2.12 bits per heavy atom. The van der Waals surface area contributed by atoms with Gasteiger partial charge in [0.25, 0.3) is 5.91 Å². The van der Waals surface area contributed by atoms with Crippen molar-refractivity contribution in [2.75, 3.05) is 13.2 Å². The van der Waals surface area contributed by atoms with Crippen LogP contribution in [0.25, 0.3) is 5.69 Å². The number of carboxylic acids is 1. The number of benzene rings is 1. The van der Waals surface area contributed by atoms with E-state index >= 15 is 0 Å². The van der Waals surface area contributed by atoms with Gasteiger partial charge < -0.3 is 15.2 Å². The normalized spacial score (nSPS) is 21.6. The summed E-state index contributed by atoms with van der Waals surface area (Å²) in [6.45, 7) is 2.31. The second-order valence-corrected chi connectivity index (χ2v) is 6.97. The molecule has 0 radical (unpaired) electrons. The van der Waals surface area contributed by atoms with E-state index in [-0.39, 0.29) is 13.0 Å². The molecule has 2 N–H and O–H groups in total. The van der Waals surface area contributed by atoms with Crippen LogP contribution in [0.4, 0.5) is 0 Å². The van der Waals surface area contributed by atoms with E-state index in [1.807, 2.05) is 35.9 Å². The van der Waals surface area contributed by atoms with Crippen molar-refractivity contribution in [2.45, 2.75) is 38.1 Å². The predicted molar refractivity (Wildman–Crippen MR) is 93.6 cm³/mol. The maximum Gasteiger partial charge on any atom is 0.331 e. The van der Waals surface area contributed by atoms with Crippen molar-refractivity contribution in [3.8, 4) is 5.69 Å². The number of nitrogens with zero attached hydrogens (tertiary/aromatic N) is 2. The SMILES string of the molecule is Cc1ccccc1-n1nc(C(=O)NC2(C(=O)O)CCOC2)c2c1CCC2. The molecule has 1 aromatic carbocycles. The minimum Gasteiger partial charge on any atom is -0.479 e. The summed E-state index contributed by atoms with van der Waals surface area (Å²) in [6.07, 6.45) is 2.86. The van der Waals surface area contributed by atoms with Crippen LogP contribution in [0, 0.1) is 6.92 Å². The number of nitrogens with one attached hydrogen (secondary N) is 1. The van der Waals surface area contributed by atoms with Crippen molar-refractivity contribution in [2.24, 2.45) is 0 Å². The van der Waals surface area contributed by atoms with Gasteiger partial charge in [-0.05, 0) is 37.8 Å². The van der Waals surface area contributed by atoms with Gasteiger partial charge in [0.05, 0.1) is 12.3 Å². The van der Waals surface area contributed by atoms with Gasteiger partial charge in [-0.2, -0.15) is 5.10 Å². The topological polar surface area (TPSA) is 93.5 Å². The first-order valence-corrected chi connectivity index (χ1v) is 8.82. The average molecular weight is 355 g/mol. The van der Waals surface area contributed by atoms with E-state index in [2.05, 4.69) is 10.4 Å². The van der Waals surface area contributed by atoms with Gasteiger partial charge in [-0.15, -0.1) is 0 Å². The maximum absolute atomic E-state index is 12.9. The van der Waals surface area contributed by atoms with E-state index in [0.717, 1.165) is 41.8 Å². The van der Waals surface area contributed by atoms with Crippen LogP contribution in [-0.2, 0) is 22.4 Å². The Hall–Kier alpha value is -2.67. The first-order valence-electron chi connectivity index (χ1n) is 8.82. The lowest BCUT2D eigenvalue weighted by atomic mass is 9.98. The molecule has 0 saturated carbocycles. The summed E-state index contributed by atoms with van der Waals surface area (Å²) in [4.78, 5) is 24.6. The van der Waals surface area contributed by atoms with Gasteiger partial charge in [0, 0.05) is 24.3 Å². The highest BCUT2D eigenvalue weighted by Crippen LogP contribution is 2.29. The number of para-hydroxylation sites is 1. The first-order chi connectivity index (χ1) is 12.5. The molecule has 1 aliphatic heterocycles. The van der Waals surface area contributed by atoms with Crippen molar-refractivity contribution in [3.05, 3.63) is 46.8 Å². The maximum atomic E-state index is 12.9. The summed E-state index contributed by atoms with van der Waals surface area (Å²) < 4.78 is 7.06. The Morgan fingerprint density at radius 1 is 1.31 bits per heavy atom. The molecule has 2 heterocycles. The van der Waals surface area contributed by atoms with Crippen LogP contribution in [0.5, 0.6) is 0 Å². The molecule has 2 aliphatic rings. The van der Waals surface area contributed by atoms with Crippen LogP contribution in [0.15, 0.2) is 24.3 Å². The second-order valence-electron chi connectivity index (χ2n) is 6.97. The summed E-state index contributed by atoms with van der Waals surface area (Å²) in [7, 11) is 0. The molecule has 1 aromatic heterocycles. The fourth-order valence-electron chi connectivity index (χ4n) is 3.78. The molecular formula is C19H21N3O4. The zero-order valence-electron chi connectivity index (χ0n) is 14.6. The molecule has 7 heteroatoms. The molecule has 1 saturated heterocycles. The van der Waals surface area contributed by atoms with Crippen molar-refractivity contribution >= 4 is 11.9 Å². The number of aryl methyl sites for hydroxylation is 1. The van der Waals surface area contributed by atoms with Crippen LogP contribution in [0.1, 0.15) is 40.2 Å². The largest absolute Gasteiger partial charge is 0.479 e. The molecule has 0 bridgehead atoms. The Labute approximate surface area is 151 Å². The number of carboxylic acid groups (broad SMARTS) is 1. The summed E-state index contributed by atoms with van der Waals surface area (Å²) in [6, 6.07) is 7.90. The van der Waals surface area contributed by atoms with Gasteiger partial charge in [0.2, 0.25) is 0 Å². The number of amides is 1. The Kier molecular flexibility index (Phi) is 4.03. The third kappa shape index (κ3) is 2.59. The van der Waals surface area contributed by atoms with Crippen LogP contribution < -0.4 is 5.32 Å². The third-order valence-electron chi connectivity index (χ3n) is 5.27. The van der Waals surface area contributed by atoms with Crippen LogP contribution in [0.2, 0.25) is 0 Å². The number of hydrogen-bond donors (Lipinski definition) is 2. The molecular weight excluding hydrogens is 334 g/mol. The average Bonchev–Trinajstić information content (AvgIpc) is 3.31. The zero-order valence-corrected chi connectivity index (χ0v) is 14.6. The monoisotopic (exact) mass is 355 g/mol. The molecule has 1 unspecified atom stereocenters. The fraction of sp³-hybridized carbons (Fsp3) is 0.421. The lowest BCUT2D eigenvalue weighted by Crippen LogP contribution is -2.55. The van der Waals surface area contributed by atoms with E-state index in [9.17, 15) is 14.7 Å². The molecule has 136 valence electrons. The van der Waals surface area contributed by atoms with E-state index in [1.165, 1.54) is 0 Å². The number of carbonyl (C=O) groups excluding carboxylic acids is 1. The second kappa shape index (κ2) is 6.25. The molecule has 1 fully saturated rings. The quantitative estimate of drug-likeness (QED) is 0.870. The Balaban J connectivity index is 1.72. The van der Waals surface area contributed by atoms with Gasteiger partial charge in [0.15, 0.2) is 11.2 Å². The Morgan fingerprint density at radius 3 is 2.81 bits per heavy atom. The smallest absolute Gasteiger partial charge is 0.331 e. The van der Waals surface area contributed by atoms with Crippen LogP contribution in [0.3, 0.4) is 0 Å². The summed E-state index contributed by atoms with van der Waals surface area (Å²) in [5, 5.41) is 16.8. The van der Waals surface area contributed by atoms with E-state index in [4.69, 9.17) is 4.74 Å². The number of hydrogen-bond acceptors (Lipinski definition) is 4. The molecule has 1 aliphatic carbocycles. The van der Waals surface area contributed by atoms with Crippen molar-refractivity contribution < 1.29 is 19.4 Å². The summed E-state index contributed by atoms with van der Waals surface area (Å²) >= 11 is 0. The van der Waals surface area contributed by atoms with E-state index in [1.54, 1.807) is 0 Å². The minimum atomic E-state index is -1.37. The fourth-order valence-corrected chi connectivity index (χ4v) is 3.78. The van der Waals surface area contributed by atoms with E-state index in [0.29, 0.717) is 12.3 Å². The first kappa shape index (κ1) is 16.8. The number of fused-ring (bicyclic) bond motifs is 1. The summed E-state index contributed by atoms with van der Waals surface area (Å²) in [5.41, 5.74) is 2.94. The molecule has 26 heavy (non-hydrogen) atoms. The molecule has 4 rings (SSSR count). The van der Waals surface area contributed by atoms with Gasteiger partial charge in [-0.3, -0.25) is 4.79 Å². The number of aromatic nitrogens is 2. The molecule has 2 aromatic rings. The Bertz CT molecular complexity index is 881. The van der Waals surface area contributed by atoms with E-state index < -0.39 is 17.4 Å². The van der Waals surface area contributed by atoms with Crippen molar-refractivity contribution in [3.63, 3.8) is 0 Å². The van der Waals surface area contributed by atoms with Crippen molar-refractivity contribution in [1.82, 2.24) is 15.1 Å². The lowest BCUT2D eigenvalue weighted by Gasteiger charge is -2.23. The minimum absolute atomic E-state index is 0.0191. The molecule has 0 spiro atoms. The molecule has 1 amide bonds. The standard InChI is InChI=1S/C19H21N3O4/c1-12-5-2-3-7-14(12)22-15-8-4-6-13(15)16(21-22)17(23)20-19(18(24)25)9-10-26-11-19/h2-3,5,7H,4,6,8-11H2,1H3,(H,20,23)(H,24,25). The van der Waals surface area contributed by atoms with Crippen LogP contribution in [-0.4, -0.2) is 45.5 Å². The summed E-state index contributed by atoms with van der Waals surface area (Å²) in [5.74, 6) is -1.51.